The topological polar surface area (TPSA) is 92.3 Å². The zero-order chi connectivity index (χ0) is 24.6. The fraction of sp³-hybridized carbons (Fsp3) is 0.704. The summed E-state index contributed by atoms with van der Waals surface area (Å²) in [6.07, 6.45) is 3.12. The Balaban J connectivity index is 1.16. The molecule has 192 valence electrons. The number of ether oxygens (including phenoxy) is 3. The zero-order valence-corrected chi connectivity index (χ0v) is 20.9. The van der Waals surface area contributed by atoms with E-state index in [-0.39, 0.29) is 36.5 Å². The van der Waals surface area contributed by atoms with Gasteiger partial charge in [0.15, 0.2) is 11.9 Å². The lowest BCUT2D eigenvalue weighted by Crippen LogP contribution is -2.70. The molecule has 1 aliphatic carbocycles. The lowest BCUT2D eigenvalue weighted by Gasteiger charge is -2.59. The minimum absolute atomic E-state index is 0.00205. The van der Waals surface area contributed by atoms with Crippen molar-refractivity contribution >= 4 is 11.9 Å². The van der Waals surface area contributed by atoms with Gasteiger partial charge < -0.3 is 19.5 Å². The number of nitrogens with one attached hydrogen (secondary N) is 1. The van der Waals surface area contributed by atoms with Gasteiger partial charge in [0.05, 0.1) is 6.42 Å². The summed E-state index contributed by atoms with van der Waals surface area (Å²) in [4.78, 5) is 36.8. The van der Waals surface area contributed by atoms with Crippen molar-refractivity contribution in [2.24, 2.45) is 23.7 Å². The van der Waals surface area contributed by atoms with Gasteiger partial charge in [-0.1, -0.05) is 44.2 Å². The number of amides is 1. The highest BCUT2D eigenvalue weighted by Crippen LogP contribution is 2.60. The summed E-state index contributed by atoms with van der Waals surface area (Å²) in [6.45, 7) is 6.71. The predicted molar refractivity (Wildman–Crippen MR) is 125 cm³/mol. The molecule has 1 saturated carbocycles. The molecule has 0 aromatic heterocycles. The van der Waals surface area contributed by atoms with E-state index in [9.17, 15) is 9.59 Å². The average molecular weight is 488 g/mol. The molecule has 0 unspecified atom stereocenters. The summed E-state index contributed by atoms with van der Waals surface area (Å²) >= 11 is 0. The molecular weight excluding hydrogens is 450 g/mol. The lowest BCUT2D eigenvalue weighted by molar-refractivity contribution is -0.576. The Labute approximate surface area is 206 Å². The van der Waals surface area contributed by atoms with Gasteiger partial charge in [-0.2, -0.15) is 0 Å². The number of benzene rings is 1. The van der Waals surface area contributed by atoms with E-state index in [1.165, 1.54) is 0 Å². The maximum absolute atomic E-state index is 12.7. The number of esters is 1. The van der Waals surface area contributed by atoms with Gasteiger partial charge in [-0.05, 0) is 50.0 Å². The van der Waals surface area contributed by atoms with Crippen molar-refractivity contribution in [3.05, 3.63) is 35.9 Å². The molecule has 0 radical (unpaired) electrons. The van der Waals surface area contributed by atoms with Gasteiger partial charge in [0.25, 0.3) is 0 Å². The van der Waals surface area contributed by atoms with Crippen LogP contribution in [-0.2, 0) is 40.0 Å². The molecule has 5 fully saturated rings. The van der Waals surface area contributed by atoms with Gasteiger partial charge in [0, 0.05) is 31.2 Å². The second-order valence-electron chi connectivity index (χ2n) is 10.8. The smallest absolute Gasteiger partial charge is 0.308 e. The predicted octanol–water partition coefficient (Wildman–Crippen LogP) is 3.88. The molecular formula is C27H37NO7. The number of fused-ring (bicyclic) bond motifs is 2. The van der Waals surface area contributed by atoms with Crippen LogP contribution in [0.4, 0.5) is 0 Å². The highest BCUT2D eigenvalue weighted by molar-refractivity contribution is 5.81. The van der Waals surface area contributed by atoms with E-state index in [4.69, 9.17) is 24.0 Å². The molecule has 5 aliphatic rings. The van der Waals surface area contributed by atoms with Gasteiger partial charge in [-0.25, -0.2) is 9.78 Å². The van der Waals surface area contributed by atoms with Crippen LogP contribution < -0.4 is 5.32 Å². The number of rotatable bonds is 7. The van der Waals surface area contributed by atoms with Crippen molar-refractivity contribution in [2.45, 2.75) is 89.7 Å². The normalized spacial score (nSPS) is 39.9. The molecule has 1 N–H and O–H groups in total. The Bertz CT molecular complexity index is 925. The van der Waals surface area contributed by atoms with Gasteiger partial charge in [0.2, 0.25) is 18.0 Å². The van der Waals surface area contributed by atoms with Crippen LogP contribution in [0.5, 0.6) is 0 Å². The van der Waals surface area contributed by atoms with Gasteiger partial charge >= 0.3 is 5.97 Å². The van der Waals surface area contributed by atoms with E-state index >= 15 is 0 Å². The second-order valence-corrected chi connectivity index (χ2v) is 10.8. The van der Waals surface area contributed by atoms with Crippen LogP contribution >= 0.6 is 0 Å². The van der Waals surface area contributed by atoms with Crippen LogP contribution in [0.15, 0.2) is 30.3 Å². The molecule has 8 heteroatoms. The van der Waals surface area contributed by atoms with Crippen LogP contribution in [0.25, 0.3) is 0 Å². The third kappa shape index (κ3) is 4.73. The summed E-state index contributed by atoms with van der Waals surface area (Å²) in [5.74, 6) is -0.750. The van der Waals surface area contributed by atoms with E-state index in [0.29, 0.717) is 12.5 Å². The monoisotopic (exact) mass is 487 g/mol. The Morgan fingerprint density at radius 1 is 1.06 bits per heavy atom. The number of hydrogen-bond donors (Lipinski definition) is 1. The van der Waals surface area contributed by atoms with Crippen LogP contribution in [0.2, 0.25) is 0 Å². The molecule has 4 saturated heterocycles. The standard InChI is InChI=1S/C27H37NO7/c1-17-9-10-21-18(2)24(32-25-27(21)20(17)13-15-26(3,33-25)34-35-27)31-23(30)12-11-22(29)28-16-14-19-7-5-4-6-8-19/h4-8,17-18,20-21,24-25H,9-16H2,1-3H3,(H,28,29)/t17-,18-,20+,21+,24-,25-,26+,27-/m1/s1. The van der Waals surface area contributed by atoms with Crippen molar-refractivity contribution in [3.8, 4) is 0 Å². The van der Waals surface area contributed by atoms with Crippen molar-refractivity contribution in [2.75, 3.05) is 6.54 Å². The van der Waals surface area contributed by atoms with Crippen LogP contribution in [0.3, 0.4) is 0 Å². The summed E-state index contributed by atoms with van der Waals surface area (Å²) < 4.78 is 18.3. The molecule has 4 heterocycles. The fourth-order valence-corrected chi connectivity index (χ4v) is 6.49. The number of carbonyl (C=O) groups excluding carboxylic acids is 2. The van der Waals surface area contributed by atoms with Crippen molar-refractivity contribution in [1.82, 2.24) is 5.32 Å². The summed E-state index contributed by atoms with van der Waals surface area (Å²) in [5, 5.41) is 2.87. The fourth-order valence-electron chi connectivity index (χ4n) is 6.49. The summed E-state index contributed by atoms with van der Waals surface area (Å²) in [5.41, 5.74) is 0.472. The number of hydrogen-bond acceptors (Lipinski definition) is 7. The van der Waals surface area contributed by atoms with E-state index < -0.39 is 29.9 Å². The Kier molecular flexibility index (Phi) is 6.92. The maximum Gasteiger partial charge on any atom is 0.308 e. The van der Waals surface area contributed by atoms with Crippen molar-refractivity contribution in [3.63, 3.8) is 0 Å². The first-order chi connectivity index (χ1) is 16.8. The largest absolute Gasteiger partial charge is 0.435 e. The molecule has 1 amide bonds. The van der Waals surface area contributed by atoms with E-state index in [2.05, 4.69) is 12.2 Å². The van der Waals surface area contributed by atoms with Crippen LogP contribution in [-0.4, -0.2) is 42.4 Å². The molecule has 2 bridgehead atoms. The SMILES string of the molecule is C[C@H]1[C@H](OC(=O)CCC(=O)NCCc2ccccc2)O[C@@H]2O[C@]3(C)CC[C@H]4[C@H](C)CC[C@@H]1[C@@]24OO3. The molecule has 35 heavy (non-hydrogen) atoms. The van der Waals surface area contributed by atoms with E-state index in [0.717, 1.165) is 37.7 Å². The first kappa shape index (κ1) is 24.7. The van der Waals surface area contributed by atoms with Crippen LogP contribution in [0, 0.1) is 23.7 Å². The zero-order valence-electron chi connectivity index (χ0n) is 20.9. The molecule has 1 aromatic carbocycles. The first-order valence-electron chi connectivity index (χ1n) is 13.0. The quantitative estimate of drug-likeness (QED) is 0.461. The third-order valence-corrected chi connectivity index (χ3v) is 8.48. The lowest BCUT2D eigenvalue weighted by atomic mass is 9.58. The van der Waals surface area contributed by atoms with Crippen LogP contribution in [0.1, 0.15) is 64.9 Å². The van der Waals surface area contributed by atoms with Gasteiger partial charge in [-0.15, -0.1) is 0 Å². The number of carbonyl (C=O) groups is 2. The average Bonchev–Trinajstić information content (AvgIpc) is 3.07. The van der Waals surface area contributed by atoms with E-state index in [1.807, 2.05) is 44.2 Å². The summed E-state index contributed by atoms with van der Waals surface area (Å²) in [7, 11) is 0. The molecule has 1 spiro atoms. The Hall–Kier alpha value is -2.00. The summed E-state index contributed by atoms with van der Waals surface area (Å²) in [6, 6.07) is 9.96. The minimum Gasteiger partial charge on any atom is -0.435 e. The van der Waals surface area contributed by atoms with Gasteiger partial charge in [0.1, 0.15) is 0 Å². The van der Waals surface area contributed by atoms with Crippen molar-refractivity contribution < 1.29 is 33.6 Å². The molecule has 8 nitrogen and oxygen atoms in total. The molecule has 1 aromatic rings. The second kappa shape index (κ2) is 9.81. The maximum atomic E-state index is 12.7. The molecule has 4 aliphatic heterocycles. The highest BCUT2D eigenvalue weighted by Gasteiger charge is 2.69. The van der Waals surface area contributed by atoms with Gasteiger partial charge in [-0.3, -0.25) is 9.59 Å². The van der Waals surface area contributed by atoms with Crippen molar-refractivity contribution in [1.29, 1.82) is 0 Å². The van der Waals surface area contributed by atoms with E-state index in [1.54, 1.807) is 0 Å². The Morgan fingerprint density at radius 2 is 1.86 bits per heavy atom. The highest BCUT2D eigenvalue weighted by atomic mass is 17.3. The third-order valence-electron chi connectivity index (χ3n) is 8.48. The minimum atomic E-state index is -0.871. The molecule has 8 atom stereocenters. The molecule has 6 rings (SSSR count). The Morgan fingerprint density at radius 3 is 2.66 bits per heavy atom. The first-order valence-corrected chi connectivity index (χ1v) is 13.0.